The quantitative estimate of drug-likeness (QED) is 0.620. The fraction of sp³-hybridized carbons (Fsp3) is 1.00. The number of hydrogen-bond acceptors (Lipinski definition) is 4. The minimum absolute atomic E-state index is 0.247. The van der Waals surface area contributed by atoms with Crippen molar-refractivity contribution in [1.29, 1.82) is 0 Å². The predicted octanol–water partition coefficient (Wildman–Crippen LogP) is 1.24. The van der Waals surface area contributed by atoms with Crippen molar-refractivity contribution in [1.82, 2.24) is 4.90 Å². The third-order valence-corrected chi connectivity index (χ3v) is 3.57. The highest BCUT2D eigenvalue weighted by Gasteiger charge is 2.32. The fourth-order valence-corrected chi connectivity index (χ4v) is 2.46. The number of ether oxygens (including phenoxy) is 2. The zero-order valence-electron chi connectivity index (χ0n) is 11.4. The van der Waals surface area contributed by atoms with Crippen LogP contribution >= 0.6 is 0 Å². The lowest BCUT2D eigenvalue weighted by Gasteiger charge is -2.14. The molecule has 2 unspecified atom stereocenters. The Labute approximate surface area is 105 Å². The molecule has 0 radical (unpaired) electrons. The van der Waals surface area contributed by atoms with Gasteiger partial charge >= 0.3 is 0 Å². The Kier molecular flexibility index (Phi) is 7.77. The van der Waals surface area contributed by atoms with Gasteiger partial charge in [-0.25, -0.2) is 0 Å². The number of nitrogens with two attached hydrogens (primary N) is 1. The van der Waals surface area contributed by atoms with Gasteiger partial charge in [0.05, 0.1) is 12.2 Å². The molecule has 0 aromatic heterocycles. The second-order valence-corrected chi connectivity index (χ2v) is 4.86. The van der Waals surface area contributed by atoms with Crippen molar-refractivity contribution in [2.75, 3.05) is 40.4 Å². The van der Waals surface area contributed by atoms with E-state index in [4.69, 9.17) is 15.2 Å². The summed E-state index contributed by atoms with van der Waals surface area (Å²) in [7, 11) is 3.54. The summed E-state index contributed by atoms with van der Waals surface area (Å²) < 4.78 is 10.8. The molecule has 0 bridgehead atoms. The summed E-state index contributed by atoms with van der Waals surface area (Å²) in [5, 5.41) is 0. The Morgan fingerprint density at radius 3 is 2.00 bits per heavy atom. The number of nitrogens with zero attached hydrogens (tertiary/aromatic N) is 1. The number of likely N-dealkylation sites (tertiary alicyclic amines) is 1. The standard InChI is InChI=1S/C13H28N2O2/c1-16-12-10-15(11-13(12)17-2)9-7-5-3-4-6-8-14/h12-13H,3-11,14H2,1-2H3. The average molecular weight is 244 g/mol. The lowest BCUT2D eigenvalue weighted by Crippen LogP contribution is -2.27. The van der Waals surface area contributed by atoms with Crippen LogP contribution < -0.4 is 5.73 Å². The second-order valence-electron chi connectivity index (χ2n) is 4.86. The molecule has 2 N–H and O–H groups in total. The highest BCUT2D eigenvalue weighted by atomic mass is 16.5. The van der Waals surface area contributed by atoms with Crippen molar-refractivity contribution in [3.63, 3.8) is 0 Å². The molecule has 102 valence electrons. The van der Waals surface area contributed by atoms with Gasteiger partial charge in [-0.15, -0.1) is 0 Å². The van der Waals surface area contributed by atoms with Gasteiger partial charge in [-0.2, -0.15) is 0 Å². The molecule has 0 aromatic rings. The molecule has 1 aliphatic rings. The van der Waals surface area contributed by atoms with Crippen LogP contribution in [-0.4, -0.2) is 57.5 Å². The van der Waals surface area contributed by atoms with E-state index < -0.39 is 0 Å². The third kappa shape index (κ3) is 5.34. The van der Waals surface area contributed by atoms with E-state index >= 15 is 0 Å². The summed E-state index contributed by atoms with van der Waals surface area (Å²) in [6.45, 7) is 4.02. The first-order valence-corrected chi connectivity index (χ1v) is 6.79. The van der Waals surface area contributed by atoms with Gasteiger partial charge < -0.3 is 15.2 Å². The van der Waals surface area contributed by atoms with E-state index in [1.54, 1.807) is 14.2 Å². The van der Waals surface area contributed by atoms with Gasteiger partial charge in [0.25, 0.3) is 0 Å². The largest absolute Gasteiger partial charge is 0.377 e. The molecule has 4 heteroatoms. The van der Waals surface area contributed by atoms with Crippen LogP contribution in [0.3, 0.4) is 0 Å². The topological polar surface area (TPSA) is 47.7 Å². The molecule has 1 fully saturated rings. The van der Waals surface area contributed by atoms with Crippen molar-refractivity contribution in [3.8, 4) is 0 Å². The molecule has 1 heterocycles. The van der Waals surface area contributed by atoms with E-state index in [1.165, 1.54) is 38.6 Å². The monoisotopic (exact) mass is 244 g/mol. The van der Waals surface area contributed by atoms with E-state index in [-0.39, 0.29) is 12.2 Å². The number of rotatable bonds is 9. The Morgan fingerprint density at radius 1 is 0.941 bits per heavy atom. The first-order chi connectivity index (χ1) is 8.31. The van der Waals surface area contributed by atoms with Gasteiger partial charge in [0.1, 0.15) is 0 Å². The zero-order chi connectivity index (χ0) is 12.5. The van der Waals surface area contributed by atoms with Gasteiger partial charge in [-0.1, -0.05) is 19.3 Å². The zero-order valence-corrected chi connectivity index (χ0v) is 11.4. The maximum Gasteiger partial charge on any atom is 0.0971 e. The van der Waals surface area contributed by atoms with E-state index in [0.717, 1.165) is 19.6 Å². The molecule has 1 saturated heterocycles. The Morgan fingerprint density at radius 2 is 1.47 bits per heavy atom. The maximum atomic E-state index is 5.47. The van der Waals surface area contributed by atoms with Crippen molar-refractivity contribution in [2.24, 2.45) is 5.73 Å². The molecule has 0 spiro atoms. The highest BCUT2D eigenvalue weighted by Crippen LogP contribution is 2.16. The lowest BCUT2D eigenvalue weighted by molar-refractivity contribution is -0.00461. The predicted molar refractivity (Wildman–Crippen MR) is 70.2 cm³/mol. The molecule has 1 rings (SSSR count). The minimum Gasteiger partial charge on any atom is -0.377 e. The molecule has 17 heavy (non-hydrogen) atoms. The van der Waals surface area contributed by atoms with Crippen LogP contribution in [0.25, 0.3) is 0 Å². The summed E-state index contributed by atoms with van der Waals surface area (Å²) >= 11 is 0. The maximum absolute atomic E-state index is 5.47. The van der Waals surface area contributed by atoms with Gasteiger partial charge in [0, 0.05) is 27.3 Å². The Bertz CT molecular complexity index is 178. The molecule has 0 aliphatic carbocycles. The summed E-state index contributed by atoms with van der Waals surface area (Å²) in [6.07, 6.45) is 6.84. The molecule has 0 amide bonds. The van der Waals surface area contributed by atoms with E-state index in [0.29, 0.717) is 0 Å². The molecule has 2 atom stereocenters. The van der Waals surface area contributed by atoms with Crippen LogP contribution in [0.2, 0.25) is 0 Å². The third-order valence-electron chi connectivity index (χ3n) is 3.57. The summed E-state index contributed by atoms with van der Waals surface area (Å²) in [5.74, 6) is 0. The van der Waals surface area contributed by atoms with E-state index in [9.17, 15) is 0 Å². The van der Waals surface area contributed by atoms with Crippen LogP contribution in [-0.2, 0) is 9.47 Å². The fourth-order valence-electron chi connectivity index (χ4n) is 2.46. The normalized spacial score (nSPS) is 25.6. The van der Waals surface area contributed by atoms with Crippen LogP contribution in [0.1, 0.15) is 32.1 Å². The van der Waals surface area contributed by atoms with Crippen LogP contribution in [0.5, 0.6) is 0 Å². The SMILES string of the molecule is COC1CN(CCCCCCCN)CC1OC. The Balaban J connectivity index is 2.04. The van der Waals surface area contributed by atoms with Crippen molar-refractivity contribution < 1.29 is 9.47 Å². The molecule has 0 aromatic carbocycles. The number of methoxy groups -OCH3 is 2. The van der Waals surface area contributed by atoms with E-state index in [1.807, 2.05) is 0 Å². The Hall–Kier alpha value is -0.160. The number of hydrogen-bond donors (Lipinski definition) is 1. The van der Waals surface area contributed by atoms with Crippen LogP contribution in [0.15, 0.2) is 0 Å². The first-order valence-electron chi connectivity index (χ1n) is 6.79. The smallest absolute Gasteiger partial charge is 0.0971 e. The van der Waals surface area contributed by atoms with Crippen LogP contribution in [0.4, 0.5) is 0 Å². The van der Waals surface area contributed by atoms with Crippen LogP contribution in [0, 0.1) is 0 Å². The van der Waals surface area contributed by atoms with Gasteiger partial charge in [0.2, 0.25) is 0 Å². The molecule has 4 nitrogen and oxygen atoms in total. The first kappa shape index (κ1) is 14.9. The van der Waals surface area contributed by atoms with Gasteiger partial charge in [-0.05, 0) is 25.9 Å². The average Bonchev–Trinajstić information content (AvgIpc) is 2.76. The summed E-state index contributed by atoms with van der Waals surface area (Å²) in [5.41, 5.74) is 5.47. The molecular weight excluding hydrogens is 216 g/mol. The van der Waals surface area contributed by atoms with Gasteiger partial charge in [0.15, 0.2) is 0 Å². The number of unbranched alkanes of at least 4 members (excludes halogenated alkanes) is 4. The lowest BCUT2D eigenvalue weighted by atomic mass is 10.1. The summed E-state index contributed by atoms with van der Waals surface area (Å²) in [4.78, 5) is 2.45. The van der Waals surface area contributed by atoms with E-state index in [2.05, 4.69) is 4.90 Å². The molecule has 0 saturated carbocycles. The summed E-state index contributed by atoms with van der Waals surface area (Å²) in [6, 6.07) is 0. The minimum atomic E-state index is 0.247. The molecular formula is C13H28N2O2. The van der Waals surface area contributed by atoms with Crippen molar-refractivity contribution in [3.05, 3.63) is 0 Å². The van der Waals surface area contributed by atoms with Crippen molar-refractivity contribution >= 4 is 0 Å². The second kappa shape index (κ2) is 8.86. The van der Waals surface area contributed by atoms with Gasteiger partial charge in [-0.3, -0.25) is 4.90 Å². The molecule has 1 aliphatic heterocycles. The highest BCUT2D eigenvalue weighted by molar-refractivity contribution is 4.85. The van der Waals surface area contributed by atoms with Crippen molar-refractivity contribution in [2.45, 2.75) is 44.3 Å².